The van der Waals surface area contributed by atoms with Crippen molar-refractivity contribution in [2.24, 2.45) is 0 Å². The maximum absolute atomic E-state index is 13.2. The summed E-state index contributed by atoms with van der Waals surface area (Å²) in [6.45, 7) is 1.36. The van der Waals surface area contributed by atoms with Gasteiger partial charge in [0.1, 0.15) is 17.3 Å². The Balaban J connectivity index is 1.73. The number of aliphatic hydroxyl groups excluding tert-OH is 1. The number of fused-ring (bicyclic) bond motifs is 1. The zero-order valence-corrected chi connectivity index (χ0v) is 14.7. The van der Waals surface area contributed by atoms with Crippen molar-refractivity contribution < 1.29 is 9.50 Å². The summed E-state index contributed by atoms with van der Waals surface area (Å²) in [5.74, 6) is 0.917. The van der Waals surface area contributed by atoms with E-state index in [2.05, 4.69) is 25.6 Å². The zero-order valence-electron chi connectivity index (χ0n) is 14.7. The lowest BCUT2D eigenvalue weighted by Gasteiger charge is -2.24. The van der Waals surface area contributed by atoms with Gasteiger partial charge in [0.05, 0.1) is 18.3 Å². The van der Waals surface area contributed by atoms with Gasteiger partial charge in [-0.05, 0) is 42.8 Å². The number of pyridine rings is 1. The van der Waals surface area contributed by atoms with Gasteiger partial charge in [0.15, 0.2) is 5.82 Å². The highest BCUT2D eigenvalue weighted by Gasteiger charge is 2.21. The molecule has 3 aromatic rings. The highest BCUT2D eigenvalue weighted by Crippen LogP contribution is 2.27. The monoisotopic (exact) mass is 365 g/mol. The van der Waals surface area contributed by atoms with Crippen molar-refractivity contribution in [1.29, 1.82) is 0 Å². The zero-order chi connectivity index (χ0) is 18.6. The normalized spacial score (nSPS) is 14.4. The maximum atomic E-state index is 13.2. The van der Waals surface area contributed by atoms with Gasteiger partial charge in [-0.25, -0.2) is 14.4 Å². The molecule has 138 valence electrons. The van der Waals surface area contributed by atoms with Crippen LogP contribution in [0.1, 0.15) is 22.9 Å². The summed E-state index contributed by atoms with van der Waals surface area (Å²) in [5.41, 5.74) is 3.44. The molecule has 2 aromatic heterocycles. The van der Waals surface area contributed by atoms with Gasteiger partial charge in [-0.3, -0.25) is 4.98 Å². The van der Waals surface area contributed by atoms with Gasteiger partial charge in [-0.15, -0.1) is 0 Å². The van der Waals surface area contributed by atoms with Crippen LogP contribution < -0.4 is 10.6 Å². The van der Waals surface area contributed by atoms with E-state index in [0.717, 1.165) is 29.8 Å². The first-order chi connectivity index (χ1) is 13.2. The number of rotatable bonds is 5. The molecule has 0 amide bonds. The van der Waals surface area contributed by atoms with E-state index in [9.17, 15) is 9.50 Å². The summed E-state index contributed by atoms with van der Waals surface area (Å²) in [7, 11) is 0. The van der Waals surface area contributed by atoms with E-state index in [4.69, 9.17) is 0 Å². The largest absolute Gasteiger partial charge is 0.394 e. The van der Waals surface area contributed by atoms with Crippen molar-refractivity contribution in [3.05, 3.63) is 71.3 Å². The fourth-order valence-corrected chi connectivity index (χ4v) is 3.18. The molecule has 0 aliphatic carbocycles. The number of aromatic nitrogens is 3. The molecule has 6 nitrogen and oxygen atoms in total. The average molecular weight is 365 g/mol. The van der Waals surface area contributed by atoms with Crippen molar-refractivity contribution in [3.63, 3.8) is 0 Å². The first-order valence-electron chi connectivity index (χ1n) is 8.89. The lowest BCUT2D eigenvalue weighted by molar-refractivity contribution is 0.276. The molecule has 3 heterocycles. The predicted molar refractivity (Wildman–Crippen MR) is 101 cm³/mol. The third kappa shape index (κ3) is 3.79. The minimum Gasteiger partial charge on any atom is -0.394 e. The van der Waals surface area contributed by atoms with E-state index >= 15 is 0 Å². The molecule has 0 fully saturated rings. The van der Waals surface area contributed by atoms with E-state index in [-0.39, 0.29) is 12.4 Å². The molecule has 7 heteroatoms. The van der Waals surface area contributed by atoms with Gasteiger partial charge >= 0.3 is 0 Å². The molecule has 0 radical (unpaired) electrons. The first-order valence-corrected chi connectivity index (χ1v) is 8.89. The van der Waals surface area contributed by atoms with E-state index in [1.807, 2.05) is 18.2 Å². The second-order valence-corrected chi connectivity index (χ2v) is 6.39. The standard InChI is InChI=1S/C20H20FN5O/c21-14-6-4-13(5-7-14)18(12-27)25-19-15-8-10-22-11-17(15)24-20(26-19)16-3-1-2-9-23-16/h1-7,9,18,22,27H,8,10-12H2,(H,24,25,26)/t18-/m1/s1. The van der Waals surface area contributed by atoms with Gasteiger partial charge in [-0.2, -0.15) is 0 Å². The minimum atomic E-state index is -0.393. The quantitative estimate of drug-likeness (QED) is 0.644. The number of halogens is 1. The van der Waals surface area contributed by atoms with Crippen molar-refractivity contribution in [2.75, 3.05) is 18.5 Å². The van der Waals surface area contributed by atoms with Crippen LogP contribution in [0.2, 0.25) is 0 Å². The van der Waals surface area contributed by atoms with Crippen LogP contribution in [0, 0.1) is 5.82 Å². The highest BCUT2D eigenvalue weighted by molar-refractivity contribution is 5.58. The molecule has 0 spiro atoms. The molecule has 3 N–H and O–H groups in total. The molecule has 0 unspecified atom stereocenters. The van der Waals surface area contributed by atoms with Crippen molar-refractivity contribution in [1.82, 2.24) is 20.3 Å². The number of hydrogen-bond acceptors (Lipinski definition) is 6. The Bertz CT molecular complexity index is 918. The van der Waals surface area contributed by atoms with Crippen LogP contribution in [0.25, 0.3) is 11.5 Å². The highest BCUT2D eigenvalue weighted by atomic mass is 19.1. The molecule has 27 heavy (non-hydrogen) atoms. The number of nitrogens with zero attached hydrogens (tertiary/aromatic N) is 3. The fraction of sp³-hybridized carbons (Fsp3) is 0.250. The minimum absolute atomic E-state index is 0.137. The van der Waals surface area contributed by atoms with Gasteiger partial charge in [0, 0.05) is 18.3 Å². The summed E-state index contributed by atoms with van der Waals surface area (Å²) < 4.78 is 13.2. The van der Waals surface area contributed by atoms with Crippen LogP contribution >= 0.6 is 0 Å². The Hall–Kier alpha value is -2.90. The SMILES string of the molecule is OC[C@@H](Nc1nc(-c2ccccn2)nc2c1CCNC2)c1ccc(F)cc1. The molecule has 1 aliphatic rings. The molecule has 0 saturated heterocycles. The first kappa shape index (κ1) is 17.5. The van der Waals surface area contributed by atoms with E-state index < -0.39 is 6.04 Å². The topological polar surface area (TPSA) is 83.0 Å². The Labute approximate surface area is 156 Å². The second kappa shape index (κ2) is 7.77. The second-order valence-electron chi connectivity index (χ2n) is 6.39. The smallest absolute Gasteiger partial charge is 0.180 e. The number of hydrogen-bond donors (Lipinski definition) is 3. The van der Waals surface area contributed by atoms with E-state index in [0.29, 0.717) is 23.9 Å². The number of aliphatic hydroxyl groups is 1. The Kier molecular flexibility index (Phi) is 5.04. The lowest BCUT2D eigenvalue weighted by atomic mass is 10.0. The Morgan fingerprint density at radius 3 is 2.74 bits per heavy atom. The van der Waals surface area contributed by atoms with Crippen molar-refractivity contribution in [2.45, 2.75) is 19.0 Å². The molecule has 1 atom stereocenters. The average Bonchev–Trinajstić information content (AvgIpc) is 2.73. The van der Waals surface area contributed by atoms with Gasteiger partial charge < -0.3 is 15.7 Å². The summed E-state index contributed by atoms with van der Waals surface area (Å²) >= 11 is 0. The molecule has 0 bridgehead atoms. The van der Waals surface area contributed by atoms with Gasteiger partial charge in [-0.1, -0.05) is 18.2 Å². The van der Waals surface area contributed by atoms with Crippen LogP contribution in [0.15, 0.2) is 48.7 Å². The van der Waals surface area contributed by atoms with Crippen molar-refractivity contribution >= 4 is 5.82 Å². The predicted octanol–water partition coefficient (Wildman–Crippen LogP) is 2.47. The molecule has 1 aliphatic heterocycles. The third-order valence-electron chi connectivity index (χ3n) is 4.60. The third-order valence-corrected chi connectivity index (χ3v) is 4.60. The molecule has 1 aromatic carbocycles. The summed E-state index contributed by atoms with van der Waals surface area (Å²) in [6, 6.07) is 11.3. The fourth-order valence-electron chi connectivity index (χ4n) is 3.18. The number of benzene rings is 1. The summed E-state index contributed by atoms with van der Waals surface area (Å²) in [6.07, 6.45) is 2.50. The summed E-state index contributed by atoms with van der Waals surface area (Å²) in [5, 5.41) is 16.5. The molecular weight excluding hydrogens is 345 g/mol. The number of anilines is 1. The molecule has 0 saturated carbocycles. The Morgan fingerprint density at radius 1 is 1.15 bits per heavy atom. The van der Waals surface area contributed by atoms with Crippen molar-refractivity contribution in [3.8, 4) is 11.5 Å². The van der Waals surface area contributed by atoms with Gasteiger partial charge in [0.2, 0.25) is 0 Å². The lowest BCUT2D eigenvalue weighted by Crippen LogP contribution is -2.27. The molecule has 4 rings (SSSR count). The maximum Gasteiger partial charge on any atom is 0.180 e. The van der Waals surface area contributed by atoms with E-state index in [1.165, 1.54) is 12.1 Å². The Morgan fingerprint density at radius 2 is 2.00 bits per heavy atom. The van der Waals surface area contributed by atoms with Crippen LogP contribution in [0.5, 0.6) is 0 Å². The van der Waals surface area contributed by atoms with Crippen LogP contribution in [-0.2, 0) is 13.0 Å². The van der Waals surface area contributed by atoms with Crippen LogP contribution in [0.4, 0.5) is 10.2 Å². The van der Waals surface area contributed by atoms with E-state index in [1.54, 1.807) is 18.3 Å². The van der Waals surface area contributed by atoms with Crippen LogP contribution in [0.3, 0.4) is 0 Å². The van der Waals surface area contributed by atoms with Crippen LogP contribution in [-0.4, -0.2) is 33.2 Å². The van der Waals surface area contributed by atoms with Gasteiger partial charge in [0.25, 0.3) is 0 Å². The summed E-state index contributed by atoms with van der Waals surface area (Å²) in [4.78, 5) is 13.7. The number of nitrogens with one attached hydrogen (secondary N) is 2. The molecular formula is C20H20FN5O.